The SMILES string of the molecule is CNc1ncc2c(OCc3ccccc3)cc(I)c(F)c2n1. The van der Waals surface area contributed by atoms with Crippen LogP contribution in [0.3, 0.4) is 0 Å². The lowest BCUT2D eigenvalue weighted by Crippen LogP contribution is -2.01. The van der Waals surface area contributed by atoms with Gasteiger partial charge in [-0.2, -0.15) is 0 Å². The molecule has 1 aromatic heterocycles. The zero-order chi connectivity index (χ0) is 15.5. The van der Waals surface area contributed by atoms with Gasteiger partial charge in [0, 0.05) is 13.2 Å². The molecule has 2 aromatic carbocycles. The van der Waals surface area contributed by atoms with E-state index in [0.29, 0.717) is 27.3 Å². The molecule has 4 nitrogen and oxygen atoms in total. The van der Waals surface area contributed by atoms with Gasteiger partial charge in [-0.1, -0.05) is 30.3 Å². The third kappa shape index (κ3) is 2.96. The zero-order valence-electron chi connectivity index (χ0n) is 11.8. The van der Waals surface area contributed by atoms with E-state index < -0.39 is 0 Å². The summed E-state index contributed by atoms with van der Waals surface area (Å²) in [5, 5.41) is 3.37. The van der Waals surface area contributed by atoms with Crippen LogP contribution in [0.25, 0.3) is 10.9 Å². The number of halogens is 2. The topological polar surface area (TPSA) is 47.0 Å². The van der Waals surface area contributed by atoms with Crippen LogP contribution < -0.4 is 10.1 Å². The highest BCUT2D eigenvalue weighted by Crippen LogP contribution is 2.31. The Bertz CT molecular complexity index is 811. The van der Waals surface area contributed by atoms with Crippen molar-refractivity contribution in [1.82, 2.24) is 9.97 Å². The lowest BCUT2D eigenvalue weighted by molar-refractivity contribution is 0.309. The monoisotopic (exact) mass is 409 g/mol. The minimum Gasteiger partial charge on any atom is -0.488 e. The van der Waals surface area contributed by atoms with E-state index in [9.17, 15) is 4.39 Å². The highest BCUT2D eigenvalue weighted by atomic mass is 127. The Morgan fingerprint density at radius 2 is 2.05 bits per heavy atom. The molecule has 0 unspecified atom stereocenters. The van der Waals surface area contributed by atoms with Crippen LogP contribution >= 0.6 is 22.6 Å². The fraction of sp³-hybridized carbons (Fsp3) is 0.125. The Morgan fingerprint density at radius 1 is 1.27 bits per heavy atom. The van der Waals surface area contributed by atoms with Gasteiger partial charge >= 0.3 is 0 Å². The predicted molar refractivity (Wildman–Crippen MR) is 92.5 cm³/mol. The molecule has 22 heavy (non-hydrogen) atoms. The Hall–Kier alpha value is -1.96. The predicted octanol–water partition coefficient (Wildman–Crippen LogP) is 3.99. The summed E-state index contributed by atoms with van der Waals surface area (Å²) in [7, 11) is 1.69. The Kier molecular flexibility index (Phi) is 4.37. The molecule has 0 aliphatic heterocycles. The van der Waals surface area contributed by atoms with Crippen LogP contribution in [0.5, 0.6) is 5.75 Å². The van der Waals surface area contributed by atoms with Crippen LogP contribution in [0.15, 0.2) is 42.6 Å². The fourth-order valence-electron chi connectivity index (χ4n) is 2.07. The molecule has 1 heterocycles. The molecule has 0 radical (unpaired) electrons. The molecule has 0 saturated heterocycles. The molecular weight excluding hydrogens is 396 g/mol. The van der Waals surface area contributed by atoms with Gasteiger partial charge in [0.05, 0.1) is 8.96 Å². The highest BCUT2D eigenvalue weighted by molar-refractivity contribution is 14.1. The summed E-state index contributed by atoms with van der Waals surface area (Å²) in [5.74, 6) is 0.594. The highest BCUT2D eigenvalue weighted by Gasteiger charge is 2.14. The molecule has 0 aliphatic carbocycles. The van der Waals surface area contributed by atoms with Gasteiger partial charge in [0.15, 0.2) is 5.82 Å². The van der Waals surface area contributed by atoms with Crippen molar-refractivity contribution in [3.05, 3.63) is 57.5 Å². The number of ether oxygens (including phenoxy) is 1. The van der Waals surface area contributed by atoms with E-state index in [4.69, 9.17) is 4.74 Å². The second kappa shape index (κ2) is 6.43. The van der Waals surface area contributed by atoms with Gasteiger partial charge in [-0.15, -0.1) is 0 Å². The van der Waals surface area contributed by atoms with Crippen molar-refractivity contribution in [3.8, 4) is 5.75 Å². The molecule has 0 saturated carbocycles. The number of aromatic nitrogens is 2. The molecule has 0 atom stereocenters. The fourth-order valence-corrected chi connectivity index (χ4v) is 2.61. The van der Waals surface area contributed by atoms with Gasteiger partial charge in [-0.05, 0) is 34.2 Å². The lowest BCUT2D eigenvalue weighted by Gasteiger charge is -2.11. The van der Waals surface area contributed by atoms with E-state index >= 15 is 0 Å². The number of anilines is 1. The minimum atomic E-state index is -0.360. The number of fused-ring (bicyclic) bond motifs is 1. The quantitative estimate of drug-likeness (QED) is 0.662. The Morgan fingerprint density at radius 3 is 2.77 bits per heavy atom. The second-order valence-electron chi connectivity index (χ2n) is 4.65. The van der Waals surface area contributed by atoms with Crippen molar-refractivity contribution in [2.45, 2.75) is 6.61 Å². The first-order valence-corrected chi connectivity index (χ1v) is 7.76. The van der Waals surface area contributed by atoms with Crippen LogP contribution in [0.1, 0.15) is 5.56 Å². The third-order valence-electron chi connectivity index (χ3n) is 3.19. The summed E-state index contributed by atoms with van der Waals surface area (Å²) in [6, 6.07) is 11.5. The number of hydrogen-bond acceptors (Lipinski definition) is 4. The third-order valence-corrected chi connectivity index (χ3v) is 3.98. The average Bonchev–Trinajstić information content (AvgIpc) is 2.57. The van der Waals surface area contributed by atoms with Crippen LogP contribution in [0.2, 0.25) is 0 Å². The summed E-state index contributed by atoms with van der Waals surface area (Å²) in [6.07, 6.45) is 1.58. The maximum absolute atomic E-state index is 14.3. The minimum absolute atomic E-state index is 0.259. The van der Waals surface area contributed by atoms with E-state index in [1.807, 2.05) is 52.9 Å². The first-order chi connectivity index (χ1) is 10.7. The maximum atomic E-state index is 14.3. The maximum Gasteiger partial charge on any atom is 0.223 e. The van der Waals surface area contributed by atoms with Crippen molar-refractivity contribution in [2.24, 2.45) is 0 Å². The molecule has 0 fully saturated rings. The standard InChI is InChI=1S/C16H13FIN3O/c1-19-16-20-8-11-13(7-12(18)14(17)15(11)21-16)22-9-10-5-3-2-4-6-10/h2-8H,9H2,1H3,(H,19,20,21). The first kappa shape index (κ1) is 15.0. The van der Waals surface area contributed by atoms with E-state index in [-0.39, 0.29) is 11.3 Å². The average molecular weight is 409 g/mol. The summed E-state index contributed by atoms with van der Waals surface area (Å²) in [6.45, 7) is 0.408. The van der Waals surface area contributed by atoms with Crippen molar-refractivity contribution in [3.63, 3.8) is 0 Å². The van der Waals surface area contributed by atoms with Gasteiger partial charge < -0.3 is 10.1 Å². The summed E-state index contributed by atoms with van der Waals surface area (Å²) in [4.78, 5) is 8.33. The molecule has 0 aliphatic rings. The number of benzene rings is 2. The molecule has 112 valence electrons. The number of hydrogen-bond donors (Lipinski definition) is 1. The van der Waals surface area contributed by atoms with Gasteiger partial charge in [0.2, 0.25) is 5.95 Å². The summed E-state index contributed by atoms with van der Waals surface area (Å²) in [5.41, 5.74) is 1.30. The van der Waals surface area contributed by atoms with E-state index in [1.165, 1.54) is 0 Å². The van der Waals surface area contributed by atoms with Crippen LogP contribution in [0, 0.1) is 9.39 Å². The zero-order valence-corrected chi connectivity index (χ0v) is 14.0. The normalized spacial score (nSPS) is 10.7. The first-order valence-electron chi connectivity index (χ1n) is 6.68. The number of nitrogens with one attached hydrogen (secondary N) is 1. The number of nitrogens with zero attached hydrogens (tertiary/aromatic N) is 2. The van der Waals surface area contributed by atoms with E-state index in [0.717, 1.165) is 5.56 Å². The van der Waals surface area contributed by atoms with Gasteiger partial charge in [0.25, 0.3) is 0 Å². The summed E-state index contributed by atoms with van der Waals surface area (Å²) < 4.78 is 20.6. The summed E-state index contributed by atoms with van der Waals surface area (Å²) >= 11 is 1.94. The van der Waals surface area contributed by atoms with Crippen LogP contribution in [0.4, 0.5) is 10.3 Å². The van der Waals surface area contributed by atoms with Crippen LogP contribution in [-0.2, 0) is 6.61 Å². The molecule has 3 aromatic rings. The van der Waals surface area contributed by atoms with Gasteiger partial charge in [-0.3, -0.25) is 0 Å². The van der Waals surface area contributed by atoms with Crippen molar-refractivity contribution in [2.75, 3.05) is 12.4 Å². The Balaban J connectivity index is 2.00. The van der Waals surface area contributed by atoms with Crippen LogP contribution in [-0.4, -0.2) is 17.0 Å². The van der Waals surface area contributed by atoms with Crippen molar-refractivity contribution < 1.29 is 9.13 Å². The van der Waals surface area contributed by atoms with E-state index in [2.05, 4.69) is 15.3 Å². The molecular formula is C16H13FIN3O. The molecule has 3 rings (SSSR count). The largest absolute Gasteiger partial charge is 0.488 e. The Labute approximate surface area is 140 Å². The molecule has 6 heteroatoms. The molecule has 0 bridgehead atoms. The van der Waals surface area contributed by atoms with Gasteiger partial charge in [0.1, 0.15) is 17.9 Å². The molecule has 0 amide bonds. The smallest absolute Gasteiger partial charge is 0.223 e. The second-order valence-corrected chi connectivity index (χ2v) is 5.81. The molecule has 1 N–H and O–H groups in total. The van der Waals surface area contributed by atoms with E-state index in [1.54, 1.807) is 19.3 Å². The van der Waals surface area contributed by atoms with Gasteiger partial charge in [-0.25, -0.2) is 14.4 Å². The number of rotatable bonds is 4. The lowest BCUT2D eigenvalue weighted by atomic mass is 10.2. The van der Waals surface area contributed by atoms with Crippen molar-refractivity contribution >= 4 is 39.4 Å². The van der Waals surface area contributed by atoms with Crippen molar-refractivity contribution in [1.29, 1.82) is 0 Å². The molecule has 0 spiro atoms.